The Kier molecular flexibility index (Phi) is 6.50. The minimum atomic E-state index is 0.135. The predicted molar refractivity (Wildman–Crippen MR) is 213 cm³/mol. The van der Waals surface area contributed by atoms with E-state index in [1.807, 2.05) is 0 Å². The first kappa shape index (κ1) is 29.3. The third-order valence-corrected chi connectivity index (χ3v) is 13.3. The van der Waals surface area contributed by atoms with E-state index in [2.05, 4.69) is 169 Å². The SMILES string of the molecule is c1ccc(-c2ccc(N(c3ccc(-c4cccc5ccccc45)cc3)c3ccc4c(c3)C3(c5ccccc5-4)C4CC5CC(C4)CC3C5)cc2)cc1. The third-order valence-electron chi connectivity index (χ3n) is 13.3. The van der Waals surface area contributed by atoms with Crippen LogP contribution >= 0.6 is 0 Å². The first-order chi connectivity index (χ1) is 25.2. The van der Waals surface area contributed by atoms with E-state index in [1.165, 1.54) is 93.3 Å². The number of benzene rings is 7. The van der Waals surface area contributed by atoms with E-state index in [1.54, 1.807) is 11.1 Å². The quantitative estimate of drug-likeness (QED) is 0.178. The topological polar surface area (TPSA) is 3.24 Å². The van der Waals surface area contributed by atoms with Crippen molar-refractivity contribution in [3.8, 4) is 33.4 Å². The van der Waals surface area contributed by atoms with Crippen LogP contribution in [-0.4, -0.2) is 0 Å². The van der Waals surface area contributed by atoms with E-state index < -0.39 is 0 Å². The lowest BCUT2D eigenvalue weighted by Gasteiger charge is -2.61. The largest absolute Gasteiger partial charge is 0.310 e. The number of rotatable bonds is 5. The zero-order valence-electron chi connectivity index (χ0n) is 28.9. The molecule has 0 radical (unpaired) electrons. The Hall–Kier alpha value is -5.40. The van der Waals surface area contributed by atoms with E-state index >= 15 is 0 Å². The molecule has 0 heterocycles. The van der Waals surface area contributed by atoms with Gasteiger partial charge < -0.3 is 4.90 Å². The molecule has 246 valence electrons. The summed E-state index contributed by atoms with van der Waals surface area (Å²) >= 11 is 0. The van der Waals surface area contributed by atoms with Gasteiger partial charge >= 0.3 is 0 Å². The van der Waals surface area contributed by atoms with Gasteiger partial charge in [-0.25, -0.2) is 0 Å². The molecule has 0 aliphatic heterocycles. The van der Waals surface area contributed by atoms with Crippen molar-refractivity contribution in [3.05, 3.63) is 175 Å². The highest BCUT2D eigenvalue weighted by Crippen LogP contribution is 2.69. The van der Waals surface area contributed by atoms with Gasteiger partial charge in [0.15, 0.2) is 0 Å². The highest BCUT2D eigenvalue weighted by atomic mass is 15.1. The summed E-state index contributed by atoms with van der Waals surface area (Å²) < 4.78 is 0. The Balaban J connectivity index is 1.06. The number of nitrogens with zero attached hydrogens (tertiary/aromatic N) is 1. The normalized spacial score (nSPS) is 23.8. The molecule has 0 amide bonds. The fourth-order valence-corrected chi connectivity index (χ4v) is 11.4. The van der Waals surface area contributed by atoms with Crippen LogP contribution in [0.15, 0.2) is 164 Å². The molecule has 1 heteroatoms. The van der Waals surface area contributed by atoms with E-state index in [0.29, 0.717) is 0 Å². The number of fused-ring (bicyclic) bond motifs is 4. The maximum atomic E-state index is 2.61. The maximum Gasteiger partial charge on any atom is 0.0465 e. The van der Waals surface area contributed by atoms with Gasteiger partial charge in [-0.2, -0.15) is 0 Å². The smallest absolute Gasteiger partial charge is 0.0465 e. The Morgan fingerprint density at radius 1 is 0.392 bits per heavy atom. The monoisotopic (exact) mass is 655 g/mol. The fourth-order valence-electron chi connectivity index (χ4n) is 11.4. The van der Waals surface area contributed by atoms with Crippen molar-refractivity contribution in [3.63, 3.8) is 0 Å². The van der Waals surface area contributed by atoms with E-state index in [0.717, 1.165) is 23.7 Å². The van der Waals surface area contributed by atoms with Crippen molar-refractivity contribution in [1.29, 1.82) is 0 Å². The summed E-state index contributed by atoms with van der Waals surface area (Å²) in [4.78, 5) is 2.49. The molecule has 4 bridgehead atoms. The first-order valence-corrected chi connectivity index (χ1v) is 19.0. The molecule has 0 unspecified atom stereocenters. The Labute approximate surface area is 301 Å². The zero-order valence-corrected chi connectivity index (χ0v) is 28.9. The van der Waals surface area contributed by atoms with Crippen LogP contribution in [0.1, 0.15) is 43.2 Å². The van der Waals surface area contributed by atoms with Gasteiger partial charge in [-0.1, -0.05) is 127 Å². The van der Waals surface area contributed by atoms with Crippen LogP contribution in [0.4, 0.5) is 17.1 Å². The minimum absolute atomic E-state index is 0.135. The Morgan fingerprint density at radius 3 is 1.69 bits per heavy atom. The number of hydrogen-bond donors (Lipinski definition) is 0. The van der Waals surface area contributed by atoms with Crippen LogP contribution < -0.4 is 4.90 Å². The van der Waals surface area contributed by atoms with Gasteiger partial charge in [0.05, 0.1) is 0 Å². The minimum Gasteiger partial charge on any atom is -0.310 e. The van der Waals surface area contributed by atoms with Crippen molar-refractivity contribution >= 4 is 27.8 Å². The van der Waals surface area contributed by atoms with Crippen LogP contribution in [-0.2, 0) is 5.41 Å². The average molecular weight is 656 g/mol. The first-order valence-electron chi connectivity index (χ1n) is 19.0. The lowest BCUT2D eigenvalue weighted by atomic mass is 9.43. The molecule has 1 nitrogen and oxygen atoms in total. The molecule has 7 aromatic rings. The Bertz CT molecular complexity index is 2390. The molecule has 1 spiro atoms. The van der Waals surface area contributed by atoms with E-state index in [9.17, 15) is 0 Å². The fraction of sp³-hybridized carbons (Fsp3) is 0.200. The molecular formula is C50H41N. The molecule has 7 aromatic carbocycles. The van der Waals surface area contributed by atoms with Gasteiger partial charge in [0.1, 0.15) is 0 Å². The predicted octanol–water partition coefficient (Wildman–Crippen LogP) is 13.4. The molecule has 0 saturated heterocycles. The van der Waals surface area contributed by atoms with Crippen molar-refractivity contribution in [2.45, 2.75) is 37.5 Å². The molecular weight excluding hydrogens is 615 g/mol. The highest BCUT2D eigenvalue weighted by Gasteiger charge is 2.61. The van der Waals surface area contributed by atoms with Crippen LogP contribution in [0.25, 0.3) is 44.2 Å². The van der Waals surface area contributed by atoms with E-state index in [4.69, 9.17) is 0 Å². The molecule has 0 aromatic heterocycles. The average Bonchev–Trinajstić information content (AvgIpc) is 3.48. The van der Waals surface area contributed by atoms with Crippen molar-refractivity contribution in [2.75, 3.05) is 4.90 Å². The summed E-state index contributed by atoms with van der Waals surface area (Å²) in [7, 11) is 0. The Morgan fingerprint density at radius 2 is 0.941 bits per heavy atom. The molecule has 0 N–H and O–H groups in total. The second-order valence-corrected chi connectivity index (χ2v) is 15.8. The van der Waals surface area contributed by atoms with Crippen LogP contribution in [0, 0.1) is 23.7 Å². The van der Waals surface area contributed by atoms with Gasteiger partial charge in [0, 0.05) is 22.5 Å². The van der Waals surface area contributed by atoms with Crippen LogP contribution in [0.5, 0.6) is 0 Å². The lowest BCUT2D eigenvalue weighted by Crippen LogP contribution is -2.55. The van der Waals surface area contributed by atoms with Crippen LogP contribution in [0.2, 0.25) is 0 Å². The van der Waals surface area contributed by atoms with Gasteiger partial charge in [-0.15, -0.1) is 0 Å². The highest BCUT2D eigenvalue weighted by molar-refractivity contribution is 5.97. The zero-order chi connectivity index (χ0) is 33.5. The van der Waals surface area contributed by atoms with Gasteiger partial charge in [0.2, 0.25) is 0 Å². The summed E-state index contributed by atoms with van der Waals surface area (Å²) in [5, 5.41) is 2.57. The molecule has 12 rings (SSSR count). The molecule has 4 saturated carbocycles. The lowest BCUT2D eigenvalue weighted by molar-refractivity contribution is -0.0399. The molecule has 51 heavy (non-hydrogen) atoms. The maximum absolute atomic E-state index is 2.61. The van der Waals surface area contributed by atoms with Gasteiger partial charge in [-0.3, -0.25) is 0 Å². The standard InChI is InChI=1S/C50H41N/c1-2-9-35(10-3-1)36-17-21-41(22-18-36)51(42-23-19-38(20-24-42)45-15-8-12-37-11-4-5-13-44(37)45)43-25-26-47-46-14-6-7-16-48(46)50(49(47)32-43)39-28-33-27-34(30-39)31-40(50)29-33/h1-26,32-34,39-40H,27-31H2. The molecule has 4 fully saturated rings. The number of anilines is 3. The van der Waals surface area contributed by atoms with Crippen molar-refractivity contribution in [1.82, 2.24) is 0 Å². The summed E-state index contributed by atoms with van der Waals surface area (Å²) in [5.74, 6) is 3.34. The number of hydrogen-bond acceptors (Lipinski definition) is 1. The summed E-state index contributed by atoms with van der Waals surface area (Å²) in [6.07, 6.45) is 7.05. The summed E-state index contributed by atoms with van der Waals surface area (Å²) in [6, 6.07) is 61.4. The second-order valence-electron chi connectivity index (χ2n) is 15.8. The molecule has 5 aliphatic rings. The van der Waals surface area contributed by atoms with Crippen molar-refractivity contribution in [2.24, 2.45) is 23.7 Å². The third kappa shape index (κ3) is 4.40. The molecule has 0 atom stereocenters. The summed E-state index contributed by atoms with van der Waals surface area (Å²) in [5.41, 5.74) is 14.9. The second kappa shape index (κ2) is 11.3. The van der Waals surface area contributed by atoms with Gasteiger partial charge in [0.25, 0.3) is 0 Å². The summed E-state index contributed by atoms with van der Waals surface area (Å²) in [6.45, 7) is 0. The molecule has 5 aliphatic carbocycles. The van der Waals surface area contributed by atoms with Gasteiger partial charge in [-0.05, 0) is 147 Å². The van der Waals surface area contributed by atoms with Crippen LogP contribution in [0.3, 0.4) is 0 Å². The van der Waals surface area contributed by atoms with E-state index in [-0.39, 0.29) is 5.41 Å². The van der Waals surface area contributed by atoms with Crippen molar-refractivity contribution < 1.29 is 0 Å².